The first-order chi connectivity index (χ1) is 15.5. The molecule has 11 heteroatoms. The number of hydrogen-bond donors (Lipinski definition) is 3. The van der Waals surface area contributed by atoms with Gasteiger partial charge in [0.2, 0.25) is 5.60 Å². The molecule has 4 atom stereocenters. The van der Waals surface area contributed by atoms with Crippen LogP contribution in [0.2, 0.25) is 0 Å². The van der Waals surface area contributed by atoms with E-state index in [1.807, 2.05) is 6.07 Å². The molecule has 11 nitrogen and oxygen atoms in total. The Hall–Kier alpha value is -2.94. The Balaban J connectivity index is 1.44. The minimum absolute atomic E-state index is 0.176. The van der Waals surface area contributed by atoms with Gasteiger partial charge in [-0.1, -0.05) is 19.3 Å². The summed E-state index contributed by atoms with van der Waals surface area (Å²) in [5.41, 5.74) is 4.50. The topological polar surface area (TPSA) is 165 Å². The van der Waals surface area contributed by atoms with E-state index in [2.05, 4.69) is 10.1 Å². The van der Waals surface area contributed by atoms with Gasteiger partial charge in [-0.15, -0.1) is 0 Å². The number of nitrogen functional groups attached to an aromatic ring is 1. The molecule has 4 N–H and O–H groups in total. The summed E-state index contributed by atoms with van der Waals surface area (Å²) in [6, 6.07) is 5.05. The van der Waals surface area contributed by atoms with Crippen LogP contribution in [0, 0.1) is 11.3 Å². The predicted octanol–water partition coefficient (Wildman–Crippen LogP) is 1.42. The largest absolute Gasteiger partial charge is 0.508 e. The first kappa shape index (κ1) is 22.3. The Morgan fingerprint density at radius 3 is 2.72 bits per heavy atom. The number of aliphatic hydroxyl groups excluding tert-OH is 2. The Morgan fingerprint density at radius 1 is 1.28 bits per heavy atom. The van der Waals surface area contributed by atoms with Crippen LogP contribution in [0.15, 0.2) is 18.5 Å². The molecule has 4 rings (SSSR count). The molecule has 1 saturated heterocycles. The summed E-state index contributed by atoms with van der Waals surface area (Å²) < 4.78 is 17.7. The molecule has 0 amide bonds. The maximum atomic E-state index is 12.2. The fourth-order valence-corrected chi connectivity index (χ4v) is 4.41. The van der Waals surface area contributed by atoms with Gasteiger partial charge in [-0.2, -0.15) is 10.4 Å². The highest BCUT2D eigenvalue weighted by atomic mass is 16.7. The smallest absolute Gasteiger partial charge is 0.431 e. The van der Waals surface area contributed by atoms with Gasteiger partial charge in [0.05, 0.1) is 5.69 Å². The SMILES string of the molecule is N#C[C@@]1(c2ccc3c(N)ncnn23)O[C@H](COC(=O)OC2CCCCCCC2)[C@@H](O)[C@H]1O. The minimum Gasteiger partial charge on any atom is -0.431 e. The molecule has 1 aliphatic carbocycles. The van der Waals surface area contributed by atoms with Gasteiger partial charge in [0.15, 0.2) is 5.82 Å². The highest BCUT2D eigenvalue weighted by Crippen LogP contribution is 2.40. The first-order valence-corrected chi connectivity index (χ1v) is 10.8. The maximum Gasteiger partial charge on any atom is 0.508 e. The summed E-state index contributed by atoms with van der Waals surface area (Å²) in [5, 5.41) is 35.2. The number of fused-ring (bicyclic) bond motifs is 1. The summed E-state index contributed by atoms with van der Waals surface area (Å²) in [7, 11) is 0. The van der Waals surface area contributed by atoms with Crippen molar-refractivity contribution in [2.75, 3.05) is 12.3 Å². The number of aromatic nitrogens is 3. The lowest BCUT2D eigenvalue weighted by molar-refractivity contribution is -0.0755. The number of nitrogens with zero attached hydrogens (tertiary/aromatic N) is 4. The zero-order valence-electron chi connectivity index (χ0n) is 17.6. The van der Waals surface area contributed by atoms with Crippen LogP contribution in [0.3, 0.4) is 0 Å². The number of rotatable bonds is 4. The van der Waals surface area contributed by atoms with Crippen LogP contribution >= 0.6 is 0 Å². The van der Waals surface area contributed by atoms with E-state index in [1.54, 1.807) is 6.07 Å². The molecule has 2 aromatic heterocycles. The summed E-state index contributed by atoms with van der Waals surface area (Å²) in [5.74, 6) is 0.184. The van der Waals surface area contributed by atoms with E-state index in [1.165, 1.54) is 23.3 Å². The molecule has 0 unspecified atom stereocenters. The number of aliphatic hydroxyl groups is 2. The van der Waals surface area contributed by atoms with Crippen LogP contribution < -0.4 is 5.73 Å². The molecule has 0 radical (unpaired) electrons. The van der Waals surface area contributed by atoms with Crippen molar-refractivity contribution in [3.63, 3.8) is 0 Å². The highest BCUT2D eigenvalue weighted by molar-refractivity contribution is 5.66. The molecule has 2 aliphatic rings. The predicted molar refractivity (Wildman–Crippen MR) is 110 cm³/mol. The van der Waals surface area contributed by atoms with Crippen molar-refractivity contribution in [2.45, 2.75) is 75.0 Å². The van der Waals surface area contributed by atoms with Gasteiger partial charge < -0.3 is 30.2 Å². The summed E-state index contributed by atoms with van der Waals surface area (Å²) in [6.45, 7) is -0.381. The number of carbonyl (C=O) groups is 1. The molecular formula is C21H27N5O6. The van der Waals surface area contributed by atoms with E-state index < -0.39 is 30.1 Å². The Bertz CT molecular complexity index is 998. The third-order valence-corrected chi connectivity index (χ3v) is 6.17. The standard InChI is InChI=1S/C21H27N5O6/c22-11-21(16-9-8-14-19(23)24-12-25-26(14)16)18(28)17(27)15(32-21)10-30-20(29)31-13-6-4-2-1-3-5-7-13/h8-9,12-13,15,17-18,27-28H,1-7,10H2,(H2,23,24,25)/t15-,17-,18-,21+/m1/s1. The number of carbonyl (C=O) groups excluding carboxylic acids is 1. The fraction of sp³-hybridized carbons (Fsp3) is 0.619. The number of anilines is 1. The monoisotopic (exact) mass is 445 g/mol. The average Bonchev–Trinajstić information content (AvgIpc) is 3.30. The van der Waals surface area contributed by atoms with Gasteiger partial charge in [-0.25, -0.2) is 14.3 Å². The highest BCUT2D eigenvalue weighted by Gasteiger charge is 2.57. The molecule has 32 heavy (non-hydrogen) atoms. The van der Waals surface area contributed by atoms with Crippen molar-refractivity contribution >= 4 is 17.5 Å². The number of nitrogens with two attached hydrogens (primary N) is 1. The van der Waals surface area contributed by atoms with Crippen molar-refractivity contribution in [1.29, 1.82) is 5.26 Å². The Morgan fingerprint density at radius 2 is 2.00 bits per heavy atom. The van der Waals surface area contributed by atoms with E-state index in [4.69, 9.17) is 19.9 Å². The van der Waals surface area contributed by atoms with Crippen LogP contribution in [0.5, 0.6) is 0 Å². The number of nitriles is 1. The second kappa shape index (κ2) is 9.28. The molecule has 172 valence electrons. The van der Waals surface area contributed by atoms with E-state index >= 15 is 0 Å². The lowest BCUT2D eigenvalue weighted by Crippen LogP contribution is -2.41. The molecule has 2 aromatic rings. The molecule has 1 saturated carbocycles. The normalized spacial score (nSPS) is 29.2. The van der Waals surface area contributed by atoms with E-state index in [9.17, 15) is 20.3 Å². The quantitative estimate of drug-likeness (QED) is 0.586. The number of ether oxygens (including phenoxy) is 3. The second-order valence-electron chi connectivity index (χ2n) is 8.25. The lowest BCUT2D eigenvalue weighted by Gasteiger charge is -2.24. The summed E-state index contributed by atoms with van der Waals surface area (Å²) in [4.78, 5) is 16.1. The molecule has 0 aromatic carbocycles. The maximum absolute atomic E-state index is 12.2. The summed E-state index contributed by atoms with van der Waals surface area (Å²) in [6.07, 6.45) is 2.95. The molecule has 0 spiro atoms. The van der Waals surface area contributed by atoms with Crippen LogP contribution in [0.25, 0.3) is 5.52 Å². The Kier molecular flexibility index (Phi) is 6.45. The zero-order valence-corrected chi connectivity index (χ0v) is 17.6. The van der Waals surface area contributed by atoms with E-state index in [-0.39, 0.29) is 24.2 Å². The van der Waals surface area contributed by atoms with Gasteiger partial charge in [0, 0.05) is 0 Å². The third-order valence-electron chi connectivity index (χ3n) is 6.17. The van der Waals surface area contributed by atoms with Crippen LogP contribution in [-0.2, 0) is 19.8 Å². The molecule has 2 fully saturated rings. The summed E-state index contributed by atoms with van der Waals surface area (Å²) >= 11 is 0. The average molecular weight is 445 g/mol. The first-order valence-electron chi connectivity index (χ1n) is 10.8. The molecule has 3 heterocycles. The lowest BCUT2D eigenvalue weighted by atomic mass is 9.92. The van der Waals surface area contributed by atoms with Crippen molar-refractivity contribution in [2.24, 2.45) is 0 Å². The van der Waals surface area contributed by atoms with Gasteiger partial charge in [-0.3, -0.25) is 0 Å². The second-order valence-corrected chi connectivity index (χ2v) is 8.25. The van der Waals surface area contributed by atoms with Gasteiger partial charge in [0.25, 0.3) is 0 Å². The van der Waals surface area contributed by atoms with Crippen LogP contribution in [0.4, 0.5) is 10.6 Å². The third kappa shape index (κ3) is 4.09. The van der Waals surface area contributed by atoms with Crippen molar-refractivity contribution in [1.82, 2.24) is 14.6 Å². The van der Waals surface area contributed by atoms with Crippen molar-refractivity contribution in [3.8, 4) is 6.07 Å². The van der Waals surface area contributed by atoms with Gasteiger partial charge in [0.1, 0.15) is 48.9 Å². The zero-order chi connectivity index (χ0) is 22.7. The minimum atomic E-state index is -1.94. The number of hydrogen-bond acceptors (Lipinski definition) is 10. The molecule has 1 aliphatic heterocycles. The van der Waals surface area contributed by atoms with Crippen LogP contribution in [-0.4, -0.2) is 62.0 Å². The fourth-order valence-electron chi connectivity index (χ4n) is 4.41. The molecular weight excluding hydrogens is 418 g/mol. The van der Waals surface area contributed by atoms with E-state index in [0.717, 1.165) is 38.5 Å². The van der Waals surface area contributed by atoms with Gasteiger partial charge >= 0.3 is 6.16 Å². The van der Waals surface area contributed by atoms with Crippen molar-refractivity contribution in [3.05, 3.63) is 24.2 Å². The van der Waals surface area contributed by atoms with Crippen LogP contribution in [0.1, 0.15) is 50.6 Å². The van der Waals surface area contributed by atoms with E-state index in [0.29, 0.717) is 5.52 Å². The Labute approximate surface area is 184 Å². The van der Waals surface area contributed by atoms with Crippen molar-refractivity contribution < 1.29 is 29.2 Å². The molecule has 0 bridgehead atoms. The van der Waals surface area contributed by atoms with Gasteiger partial charge in [-0.05, 0) is 37.8 Å².